The number of aromatic nitrogens is 2. The Bertz CT molecular complexity index is 530. The fourth-order valence-electron chi connectivity index (χ4n) is 2.42. The van der Waals surface area contributed by atoms with Crippen molar-refractivity contribution in [1.29, 1.82) is 0 Å². The summed E-state index contributed by atoms with van der Waals surface area (Å²) in [5.41, 5.74) is 3.13. The summed E-state index contributed by atoms with van der Waals surface area (Å²) in [7, 11) is 3.74. The van der Waals surface area contributed by atoms with Crippen LogP contribution in [0.1, 0.15) is 24.9 Å². The molecule has 4 nitrogen and oxygen atoms in total. The van der Waals surface area contributed by atoms with Gasteiger partial charge in [0.15, 0.2) is 0 Å². The molecule has 0 fully saturated rings. The van der Waals surface area contributed by atoms with Gasteiger partial charge in [-0.15, -0.1) is 0 Å². The molecule has 0 saturated carbocycles. The number of ether oxygens (including phenoxy) is 1. The third-order valence-corrected chi connectivity index (χ3v) is 3.51. The number of rotatable bonds is 6. The van der Waals surface area contributed by atoms with Crippen LogP contribution in [0.15, 0.2) is 30.6 Å². The van der Waals surface area contributed by atoms with Gasteiger partial charge in [-0.25, -0.2) is 0 Å². The first-order chi connectivity index (χ1) is 9.26. The van der Waals surface area contributed by atoms with Crippen LogP contribution in [0.25, 0.3) is 11.0 Å². The Balaban J connectivity index is 2.24. The van der Waals surface area contributed by atoms with Gasteiger partial charge < -0.3 is 10.1 Å². The van der Waals surface area contributed by atoms with Gasteiger partial charge in [-0.2, -0.15) is 0 Å². The highest BCUT2D eigenvalue weighted by molar-refractivity contribution is 5.74. The lowest BCUT2D eigenvalue weighted by atomic mass is 9.92. The highest BCUT2D eigenvalue weighted by Crippen LogP contribution is 2.26. The molecule has 2 aromatic rings. The molecule has 102 valence electrons. The number of hydrogen-bond acceptors (Lipinski definition) is 4. The van der Waals surface area contributed by atoms with Gasteiger partial charge in [-0.05, 0) is 37.1 Å². The van der Waals surface area contributed by atoms with Crippen LogP contribution >= 0.6 is 0 Å². The summed E-state index contributed by atoms with van der Waals surface area (Å²) in [6.07, 6.45) is 4.48. The van der Waals surface area contributed by atoms with Gasteiger partial charge in [0.1, 0.15) is 0 Å². The zero-order chi connectivity index (χ0) is 13.7. The third kappa shape index (κ3) is 3.28. The molecule has 1 aromatic carbocycles. The van der Waals surface area contributed by atoms with E-state index in [0.29, 0.717) is 12.0 Å². The molecular formula is C15H21N3O. The Labute approximate surface area is 114 Å². The summed E-state index contributed by atoms with van der Waals surface area (Å²) in [5.74, 6) is 0.499. The van der Waals surface area contributed by atoms with Crippen molar-refractivity contribution in [2.45, 2.75) is 19.4 Å². The molecule has 1 N–H and O–H groups in total. The molecule has 0 radical (unpaired) electrons. The Kier molecular flexibility index (Phi) is 4.82. The lowest BCUT2D eigenvalue weighted by Crippen LogP contribution is -2.24. The topological polar surface area (TPSA) is 47.0 Å². The molecule has 2 rings (SSSR count). The average molecular weight is 259 g/mol. The van der Waals surface area contributed by atoms with Gasteiger partial charge in [-0.1, -0.05) is 13.0 Å². The van der Waals surface area contributed by atoms with Crippen molar-refractivity contribution in [3.63, 3.8) is 0 Å². The van der Waals surface area contributed by atoms with Crippen LogP contribution in [0.2, 0.25) is 0 Å². The maximum absolute atomic E-state index is 5.16. The summed E-state index contributed by atoms with van der Waals surface area (Å²) in [4.78, 5) is 8.66. The van der Waals surface area contributed by atoms with Gasteiger partial charge in [0.25, 0.3) is 0 Å². The average Bonchev–Trinajstić information content (AvgIpc) is 2.45. The van der Waals surface area contributed by atoms with E-state index >= 15 is 0 Å². The van der Waals surface area contributed by atoms with E-state index in [1.54, 1.807) is 19.5 Å². The van der Waals surface area contributed by atoms with Gasteiger partial charge in [0.05, 0.1) is 11.0 Å². The van der Waals surface area contributed by atoms with E-state index in [9.17, 15) is 0 Å². The zero-order valence-electron chi connectivity index (χ0n) is 11.8. The minimum Gasteiger partial charge on any atom is -0.385 e. The number of nitrogens with one attached hydrogen (secondary N) is 1. The van der Waals surface area contributed by atoms with Crippen LogP contribution in [0.3, 0.4) is 0 Å². The van der Waals surface area contributed by atoms with E-state index in [-0.39, 0.29) is 0 Å². The fraction of sp³-hybridized carbons (Fsp3) is 0.467. The monoisotopic (exact) mass is 259 g/mol. The molecule has 1 heterocycles. The van der Waals surface area contributed by atoms with E-state index in [0.717, 1.165) is 24.1 Å². The molecule has 0 bridgehead atoms. The third-order valence-electron chi connectivity index (χ3n) is 3.51. The Morgan fingerprint density at radius 3 is 2.63 bits per heavy atom. The largest absolute Gasteiger partial charge is 0.385 e. The quantitative estimate of drug-likeness (QED) is 0.866. The molecule has 0 aliphatic rings. The van der Waals surface area contributed by atoms with Crippen molar-refractivity contribution in [2.24, 2.45) is 5.92 Å². The molecule has 1 aromatic heterocycles. The van der Waals surface area contributed by atoms with Crippen LogP contribution in [-0.2, 0) is 4.74 Å². The minimum atomic E-state index is 0.307. The predicted molar refractivity (Wildman–Crippen MR) is 77.0 cm³/mol. The fourth-order valence-corrected chi connectivity index (χ4v) is 2.42. The number of nitrogens with zero attached hydrogens (tertiary/aromatic N) is 2. The summed E-state index contributed by atoms with van der Waals surface area (Å²) >= 11 is 0. The number of methoxy groups -OCH3 is 1. The minimum absolute atomic E-state index is 0.307. The Hall–Kier alpha value is -1.52. The maximum Gasteiger partial charge on any atom is 0.0890 e. The maximum atomic E-state index is 5.16. The van der Waals surface area contributed by atoms with Crippen molar-refractivity contribution in [3.8, 4) is 0 Å². The molecule has 2 atom stereocenters. The van der Waals surface area contributed by atoms with Crippen LogP contribution in [0, 0.1) is 5.92 Å². The van der Waals surface area contributed by atoms with Gasteiger partial charge in [-0.3, -0.25) is 9.97 Å². The van der Waals surface area contributed by atoms with Crippen molar-refractivity contribution >= 4 is 11.0 Å². The highest BCUT2D eigenvalue weighted by Gasteiger charge is 2.17. The second kappa shape index (κ2) is 6.59. The van der Waals surface area contributed by atoms with Crippen LogP contribution in [0.4, 0.5) is 0 Å². The SMILES string of the molecule is CNC(c1ccc2nccnc2c1)C(C)CCOC. The molecule has 4 heteroatoms. The summed E-state index contributed by atoms with van der Waals surface area (Å²) in [5, 5.41) is 3.39. The van der Waals surface area contributed by atoms with Gasteiger partial charge >= 0.3 is 0 Å². The normalized spacial score (nSPS) is 14.5. The Morgan fingerprint density at radius 2 is 1.95 bits per heavy atom. The van der Waals surface area contributed by atoms with E-state index in [2.05, 4.69) is 34.3 Å². The number of hydrogen-bond donors (Lipinski definition) is 1. The van der Waals surface area contributed by atoms with E-state index in [4.69, 9.17) is 4.74 Å². The van der Waals surface area contributed by atoms with Crippen molar-refractivity contribution in [1.82, 2.24) is 15.3 Å². The first kappa shape index (κ1) is 13.9. The zero-order valence-corrected chi connectivity index (χ0v) is 11.8. The lowest BCUT2D eigenvalue weighted by Gasteiger charge is -2.24. The molecule has 0 aliphatic heterocycles. The standard InChI is InChI=1S/C15H21N3O/c1-11(6-9-19-3)15(16-2)12-4-5-13-14(10-12)18-8-7-17-13/h4-5,7-8,10-11,15-16H,6,9H2,1-3H3. The smallest absolute Gasteiger partial charge is 0.0890 e. The van der Waals surface area contributed by atoms with E-state index in [1.807, 2.05) is 13.1 Å². The van der Waals surface area contributed by atoms with E-state index < -0.39 is 0 Å². The predicted octanol–water partition coefficient (Wildman–Crippen LogP) is 2.56. The Morgan fingerprint density at radius 1 is 1.21 bits per heavy atom. The van der Waals surface area contributed by atoms with Crippen molar-refractivity contribution < 1.29 is 4.74 Å². The van der Waals surface area contributed by atoms with Crippen LogP contribution < -0.4 is 5.32 Å². The lowest BCUT2D eigenvalue weighted by molar-refractivity contribution is 0.171. The number of fused-ring (bicyclic) bond motifs is 1. The molecule has 2 unspecified atom stereocenters. The van der Waals surface area contributed by atoms with Crippen molar-refractivity contribution in [3.05, 3.63) is 36.2 Å². The molecule has 0 amide bonds. The second-order valence-electron chi connectivity index (χ2n) is 4.83. The molecule has 19 heavy (non-hydrogen) atoms. The molecule has 0 spiro atoms. The molecule has 0 saturated heterocycles. The summed E-state index contributed by atoms with van der Waals surface area (Å²) < 4.78 is 5.16. The van der Waals surface area contributed by atoms with Crippen LogP contribution in [-0.4, -0.2) is 30.7 Å². The van der Waals surface area contributed by atoms with Crippen molar-refractivity contribution in [2.75, 3.05) is 20.8 Å². The second-order valence-corrected chi connectivity index (χ2v) is 4.83. The summed E-state index contributed by atoms with van der Waals surface area (Å²) in [6.45, 7) is 3.02. The van der Waals surface area contributed by atoms with Crippen LogP contribution in [0.5, 0.6) is 0 Å². The summed E-state index contributed by atoms with van der Waals surface area (Å²) in [6, 6.07) is 6.58. The first-order valence-corrected chi connectivity index (χ1v) is 6.63. The van der Waals surface area contributed by atoms with Gasteiger partial charge in [0.2, 0.25) is 0 Å². The van der Waals surface area contributed by atoms with Gasteiger partial charge in [0, 0.05) is 32.2 Å². The molecular weight excluding hydrogens is 238 g/mol. The highest BCUT2D eigenvalue weighted by atomic mass is 16.5. The molecule has 0 aliphatic carbocycles. The number of benzene rings is 1. The first-order valence-electron chi connectivity index (χ1n) is 6.63. The van der Waals surface area contributed by atoms with E-state index in [1.165, 1.54) is 5.56 Å².